The van der Waals surface area contributed by atoms with E-state index in [1.165, 1.54) is 0 Å². The molecule has 5 heteroatoms. The molecule has 0 aliphatic carbocycles. The van der Waals surface area contributed by atoms with Crippen LogP contribution in [0.2, 0.25) is 5.02 Å². The lowest BCUT2D eigenvalue weighted by Gasteiger charge is -2.22. The summed E-state index contributed by atoms with van der Waals surface area (Å²) in [5, 5.41) is 15.8. The monoisotopic (exact) mass is 271 g/mol. The van der Waals surface area contributed by atoms with Crippen LogP contribution in [0.15, 0.2) is 0 Å². The molecule has 1 fully saturated rings. The molecule has 1 aliphatic heterocycles. The van der Waals surface area contributed by atoms with E-state index in [9.17, 15) is 5.11 Å². The normalized spacial score (nSPS) is 29.1. The number of hydrogen-bond acceptors (Lipinski definition) is 3. The SMILES string of the molecule is CCn1nc(C)c(Cl)c1CC1(O)CC(C)N(C)C1. The number of nitrogens with zero attached hydrogens (tertiary/aromatic N) is 3. The molecule has 0 spiro atoms. The number of aryl methyl sites for hydroxylation is 2. The molecule has 2 rings (SSSR count). The molecule has 4 nitrogen and oxygen atoms in total. The van der Waals surface area contributed by atoms with Crippen molar-refractivity contribution < 1.29 is 5.11 Å². The number of likely N-dealkylation sites (tertiary alicyclic amines) is 1. The summed E-state index contributed by atoms with van der Waals surface area (Å²) in [6, 6.07) is 0.410. The first-order valence-electron chi connectivity index (χ1n) is 6.50. The van der Waals surface area contributed by atoms with Gasteiger partial charge in [-0.3, -0.25) is 4.68 Å². The molecule has 2 atom stereocenters. The maximum atomic E-state index is 10.7. The number of aliphatic hydroxyl groups is 1. The zero-order valence-corrected chi connectivity index (χ0v) is 12.3. The standard InChI is InChI=1S/C13H22ClN3O/c1-5-17-11(12(14)10(3)15-17)7-13(18)6-9(2)16(4)8-13/h9,18H,5-8H2,1-4H3. The fourth-order valence-corrected chi connectivity index (χ4v) is 3.07. The predicted molar refractivity (Wildman–Crippen MR) is 73.0 cm³/mol. The Kier molecular flexibility index (Phi) is 3.72. The number of likely N-dealkylation sites (N-methyl/N-ethyl adjacent to an activating group) is 1. The van der Waals surface area contributed by atoms with Gasteiger partial charge in [-0.25, -0.2) is 0 Å². The molecule has 1 aromatic heterocycles. The number of rotatable bonds is 3. The van der Waals surface area contributed by atoms with Gasteiger partial charge in [0.1, 0.15) is 0 Å². The van der Waals surface area contributed by atoms with Gasteiger partial charge < -0.3 is 10.0 Å². The van der Waals surface area contributed by atoms with Crippen molar-refractivity contribution in [3.05, 3.63) is 16.4 Å². The van der Waals surface area contributed by atoms with Crippen LogP contribution in [0.4, 0.5) is 0 Å². The fraction of sp³-hybridized carbons (Fsp3) is 0.769. The smallest absolute Gasteiger partial charge is 0.0848 e. The molecule has 1 N–H and O–H groups in total. The third kappa shape index (κ3) is 2.42. The highest BCUT2D eigenvalue weighted by Gasteiger charge is 2.40. The molecule has 0 amide bonds. The molecular weight excluding hydrogens is 250 g/mol. The van der Waals surface area contributed by atoms with Crippen molar-refractivity contribution in [2.75, 3.05) is 13.6 Å². The zero-order valence-electron chi connectivity index (χ0n) is 11.6. The first-order valence-corrected chi connectivity index (χ1v) is 6.88. The van der Waals surface area contributed by atoms with Gasteiger partial charge in [0.2, 0.25) is 0 Å². The van der Waals surface area contributed by atoms with Crippen molar-refractivity contribution in [3.63, 3.8) is 0 Å². The lowest BCUT2D eigenvalue weighted by Crippen LogP contribution is -2.35. The van der Waals surface area contributed by atoms with Crippen molar-refractivity contribution in [2.24, 2.45) is 0 Å². The van der Waals surface area contributed by atoms with Gasteiger partial charge in [-0.2, -0.15) is 5.10 Å². The van der Waals surface area contributed by atoms with Crippen LogP contribution in [0.25, 0.3) is 0 Å². The zero-order chi connectivity index (χ0) is 13.5. The Bertz CT molecular complexity index is 434. The second-order valence-electron chi connectivity index (χ2n) is 5.53. The second kappa shape index (κ2) is 4.83. The summed E-state index contributed by atoms with van der Waals surface area (Å²) in [4.78, 5) is 2.19. The quantitative estimate of drug-likeness (QED) is 0.912. The average Bonchev–Trinajstić information content (AvgIpc) is 2.70. The Labute approximate surface area is 114 Å². The van der Waals surface area contributed by atoms with Gasteiger partial charge >= 0.3 is 0 Å². The Morgan fingerprint density at radius 3 is 2.72 bits per heavy atom. The third-order valence-electron chi connectivity index (χ3n) is 3.92. The van der Waals surface area contributed by atoms with Crippen molar-refractivity contribution in [3.8, 4) is 0 Å². The van der Waals surface area contributed by atoms with Gasteiger partial charge in [-0.15, -0.1) is 0 Å². The van der Waals surface area contributed by atoms with Crippen LogP contribution < -0.4 is 0 Å². The number of β-amino-alcohol motifs (C(OH)–C–C–N with tert-alkyl or cyclic N) is 1. The maximum Gasteiger partial charge on any atom is 0.0848 e. The Morgan fingerprint density at radius 2 is 2.22 bits per heavy atom. The molecule has 0 radical (unpaired) electrons. The topological polar surface area (TPSA) is 41.3 Å². The summed E-state index contributed by atoms with van der Waals surface area (Å²) >= 11 is 6.30. The van der Waals surface area contributed by atoms with E-state index in [1.807, 2.05) is 25.6 Å². The summed E-state index contributed by atoms with van der Waals surface area (Å²) in [6.07, 6.45) is 1.36. The predicted octanol–water partition coefficient (Wildman–Crippen LogP) is 1.86. The van der Waals surface area contributed by atoms with Crippen LogP contribution in [-0.2, 0) is 13.0 Å². The molecule has 1 aromatic rings. The minimum Gasteiger partial charge on any atom is -0.388 e. The van der Waals surface area contributed by atoms with E-state index in [1.54, 1.807) is 0 Å². The Balaban J connectivity index is 2.24. The average molecular weight is 272 g/mol. The highest BCUT2D eigenvalue weighted by Crippen LogP contribution is 2.32. The minimum absolute atomic E-state index is 0.410. The third-order valence-corrected chi connectivity index (χ3v) is 4.41. The van der Waals surface area contributed by atoms with Crippen molar-refractivity contribution in [1.82, 2.24) is 14.7 Å². The number of hydrogen-bond donors (Lipinski definition) is 1. The molecule has 18 heavy (non-hydrogen) atoms. The van der Waals surface area contributed by atoms with E-state index in [0.29, 0.717) is 24.0 Å². The molecule has 0 bridgehead atoms. The van der Waals surface area contributed by atoms with Gasteiger partial charge in [0.15, 0.2) is 0 Å². The molecule has 102 valence electrons. The lowest BCUT2D eigenvalue weighted by atomic mass is 9.94. The molecular formula is C13H22ClN3O. The van der Waals surface area contributed by atoms with Crippen LogP contribution in [0, 0.1) is 6.92 Å². The van der Waals surface area contributed by atoms with Crippen LogP contribution in [-0.4, -0.2) is 45.0 Å². The van der Waals surface area contributed by atoms with E-state index >= 15 is 0 Å². The highest BCUT2D eigenvalue weighted by atomic mass is 35.5. The van der Waals surface area contributed by atoms with Crippen LogP contribution >= 0.6 is 11.6 Å². The summed E-state index contributed by atoms with van der Waals surface area (Å²) < 4.78 is 1.90. The van der Waals surface area contributed by atoms with Gasteiger partial charge in [0, 0.05) is 25.6 Å². The number of aromatic nitrogens is 2. The van der Waals surface area contributed by atoms with Gasteiger partial charge in [0.25, 0.3) is 0 Å². The second-order valence-corrected chi connectivity index (χ2v) is 5.91. The van der Waals surface area contributed by atoms with E-state index in [-0.39, 0.29) is 0 Å². The molecule has 1 aliphatic rings. The van der Waals surface area contributed by atoms with Crippen molar-refractivity contribution in [1.29, 1.82) is 0 Å². The summed E-state index contributed by atoms with van der Waals surface area (Å²) in [5.41, 5.74) is 1.12. The van der Waals surface area contributed by atoms with Crippen molar-refractivity contribution in [2.45, 2.75) is 51.8 Å². The van der Waals surface area contributed by atoms with Gasteiger partial charge in [-0.1, -0.05) is 11.6 Å². The molecule has 0 aromatic carbocycles. The fourth-order valence-electron chi connectivity index (χ4n) is 2.87. The molecule has 0 saturated carbocycles. The summed E-state index contributed by atoms with van der Waals surface area (Å²) in [5.74, 6) is 0. The van der Waals surface area contributed by atoms with Crippen molar-refractivity contribution >= 4 is 11.6 Å². The first kappa shape index (κ1) is 13.8. The van der Waals surface area contributed by atoms with E-state index in [4.69, 9.17) is 11.6 Å². The first-order chi connectivity index (χ1) is 8.36. The van der Waals surface area contributed by atoms with E-state index in [0.717, 1.165) is 24.4 Å². The number of halogens is 1. The van der Waals surface area contributed by atoms with Gasteiger partial charge in [-0.05, 0) is 34.2 Å². The largest absolute Gasteiger partial charge is 0.388 e. The summed E-state index contributed by atoms with van der Waals surface area (Å²) in [7, 11) is 2.05. The minimum atomic E-state index is -0.683. The van der Waals surface area contributed by atoms with E-state index in [2.05, 4.69) is 16.9 Å². The lowest BCUT2D eigenvalue weighted by molar-refractivity contribution is 0.0500. The summed E-state index contributed by atoms with van der Waals surface area (Å²) in [6.45, 7) is 7.57. The van der Waals surface area contributed by atoms with Crippen LogP contribution in [0.1, 0.15) is 31.7 Å². The maximum absolute atomic E-state index is 10.7. The van der Waals surface area contributed by atoms with Crippen LogP contribution in [0.3, 0.4) is 0 Å². The molecule has 2 heterocycles. The highest BCUT2D eigenvalue weighted by molar-refractivity contribution is 6.31. The Morgan fingerprint density at radius 1 is 1.56 bits per heavy atom. The van der Waals surface area contributed by atoms with E-state index < -0.39 is 5.60 Å². The van der Waals surface area contributed by atoms with Gasteiger partial charge in [0.05, 0.1) is 22.0 Å². The molecule has 2 unspecified atom stereocenters. The Hall–Kier alpha value is -0.580. The van der Waals surface area contributed by atoms with Crippen LogP contribution in [0.5, 0.6) is 0 Å². The molecule has 1 saturated heterocycles.